The van der Waals surface area contributed by atoms with Crippen molar-refractivity contribution in [3.63, 3.8) is 0 Å². The van der Waals surface area contributed by atoms with Crippen LogP contribution in [0.3, 0.4) is 0 Å². The molecule has 1 atom stereocenters. The summed E-state index contributed by atoms with van der Waals surface area (Å²) in [5.74, 6) is -2.57. The molecule has 2 saturated carbocycles. The van der Waals surface area contributed by atoms with Crippen molar-refractivity contribution in [1.29, 1.82) is 0 Å². The minimum atomic E-state index is -5.15. The van der Waals surface area contributed by atoms with E-state index in [2.05, 4.69) is 30.7 Å². The van der Waals surface area contributed by atoms with Crippen LogP contribution >= 0.6 is 0 Å². The molecule has 1 unspecified atom stereocenters. The summed E-state index contributed by atoms with van der Waals surface area (Å²) in [6.45, 7) is 0.601. The van der Waals surface area contributed by atoms with Gasteiger partial charge in [0.05, 0.1) is 0 Å². The van der Waals surface area contributed by atoms with Gasteiger partial charge in [0.1, 0.15) is 11.6 Å². The smallest absolute Gasteiger partial charge is 0.445 e. The summed E-state index contributed by atoms with van der Waals surface area (Å²) >= 11 is 0. The van der Waals surface area contributed by atoms with Crippen molar-refractivity contribution in [2.45, 2.75) is 63.1 Å². The summed E-state index contributed by atoms with van der Waals surface area (Å²) in [6.07, 6.45) is 0.274. The van der Waals surface area contributed by atoms with Crippen molar-refractivity contribution >= 4 is 29.3 Å². The second-order valence-electron chi connectivity index (χ2n) is 9.35. The topological polar surface area (TPSA) is 105 Å². The molecule has 1 amide bonds. The number of amides is 1. The molecule has 2 aliphatic rings. The molecule has 1 aromatic carbocycles. The number of rotatable bonds is 11. The predicted molar refractivity (Wildman–Crippen MR) is 128 cm³/mol. The highest BCUT2D eigenvalue weighted by molar-refractivity contribution is 5.85. The van der Waals surface area contributed by atoms with Gasteiger partial charge >= 0.3 is 12.1 Å². The fourth-order valence-electron chi connectivity index (χ4n) is 4.39. The van der Waals surface area contributed by atoms with Crippen molar-refractivity contribution in [3.8, 4) is 0 Å². The maximum atomic E-state index is 13.5. The van der Waals surface area contributed by atoms with Crippen LogP contribution in [-0.2, 0) is 14.3 Å². The Bertz CT molecular complexity index is 1100. The van der Waals surface area contributed by atoms with E-state index in [1.165, 1.54) is 12.1 Å². The molecule has 2 fully saturated rings. The van der Waals surface area contributed by atoms with Gasteiger partial charge in [-0.25, -0.2) is 14.2 Å². The van der Waals surface area contributed by atoms with Gasteiger partial charge in [-0.2, -0.15) is 18.2 Å². The third kappa shape index (κ3) is 7.53. The Hall–Kier alpha value is -3.44. The molecule has 0 saturated heterocycles. The summed E-state index contributed by atoms with van der Waals surface area (Å²) in [4.78, 5) is 32.8. The van der Waals surface area contributed by atoms with E-state index in [-0.39, 0.29) is 12.4 Å². The Balaban J connectivity index is 1.30. The maximum Gasteiger partial charge on any atom is 0.490 e. The number of ether oxygens (including phenoxy) is 1. The molecule has 2 aliphatic carbocycles. The van der Waals surface area contributed by atoms with Gasteiger partial charge in [0.15, 0.2) is 6.10 Å². The van der Waals surface area contributed by atoms with E-state index in [4.69, 9.17) is 0 Å². The first-order valence-electron chi connectivity index (χ1n) is 12.4. The second kappa shape index (κ2) is 11.7. The monoisotopic (exact) mass is 523 g/mol. The zero-order valence-electron chi connectivity index (χ0n) is 20.1. The highest BCUT2D eigenvalue weighted by Gasteiger charge is 2.45. The molecular formula is C25H29F4N5O3. The standard InChI is InChI=1S/C25H29F4N5O3/c26-17-7-3-8-18(13-17)33-24-32-14-19(15-9-10-15)21(34-24)30-11-4-12-31-22(35)20(16-5-1-2-6-16)37-23(36)25(27,28)29/h3,7-8,13-16,20H,1-2,4-6,9-12H2,(H,31,35)(H2,30,32,33,34). The number of carbonyl (C=O) groups excluding carboxylic acids is 2. The van der Waals surface area contributed by atoms with Gasteiger partial charge in [0, 0.05) is 36.5 Å². The zero-order chi connectivity index (χ0) is 26.4. The fourth-order valence-corrected chi connectivity index (χ4v) is 4.39. The summed E-state index contributed by atoms with van der Waals surface area (Å²) in [6, 6.07) is 5.94. The van der Waals surface area contributed by atoms with Gasteiger partial charge in [-0.1, -0.05) is 18.9 Å². The first kappa shape index (κ1) is 26.6. The second-order valence-corrected chi connectivity index (χ2v) is 9.35. The molecule has 0 bridgehead atoms. The lowest BCUT2D eigenvalue weighted by Crippen LogP contribution is -2.44. The summed E-state index contributed by atoms with van der Waals surface area (Å²) in [5, 5.41) is 8.80. The Morgan fingerprint density at radius 2 is 1.86 bits per heavy atom. The van der Waals surface area contributed by atoms with Crippen LogP contribution in [0.5, 0.6) is 0 Å². The lowest BCUT2D eigenvalue weighted by molar-refractivity contribution is -0.207. The molecule has 0 radical (unpaired) electrons. The molecule has 4 rings (SSSR count). The Morgan fingerprint density at radius 1 is 1.11 bits per heavy atom. The lowest BCUT2D eigenvalue weighted by atomic mass is 10.00. The van der Waals surface area contributed by atoms with Crippen molar-refractivity contribution in [3.05, 3.63) is 41.8 Å². The Morgan fingerprint density at radius 3 is 2.54 bits per heavy atom. The minimum Gasteiger partial charge on any atom is -0.445 e. The number of hydrogen-bond acceptors (Lipinski definition) is 7. The largest absolute Gasteiger partial charge is 0.490 e. The molecule has 37 heavy (non-hydrogen) atoms. The third-order valence-electron chi connectivity index (χ3n) is 6.41. The highest BCUT2D eigenvalue weighted by Crippen LogP contribution is 2.42. The van der Waals surface area contributed by atoms with Crippen LogP contribution in [0.4, 0.5) is 35.0 Å². The number of carbonyl (C=O) groups is 2. The van der Waals surface area contributed by atoms with Gasteiger partial charge in [-0.05, 0) is 56.2 Å². The van der Waals surface area contributed by atoms with E-state index in [0.29, 0.717) is 49.2 Å². The summed E-state index contributed by atoms with van der Waals surface area (Å²) < 4.78 is 56.1. The predicted octanol–water partition coefficient (Wildman–Crippen LogP) is 4.82. The van der Waals surface area contributed by atoms with Crippen LogP contribution in [0.15, 0.2) is 30.5 Å². The SMILES string of the molecule is O=C(NCCCNc1nc(Nc2cccc(F)c2)ncc1C1CC1)C(OC(=O)C(F)(F)F)C1CCCC1. The average molecular weight is 524 g/mol. The van der Waals surface area contributed by atoms with Crippen molar-refractivity contribution in [1.82, 2.24) is 15.3 Å². The van der Waals surface area contributed by atoms with Gasteiger partial charge < -0.3 is 20.7 Å². The molecular weight excluding hydrogens is 494 g/mol. The molecule has 12 heteroatoms. The van der Waals surface area contributed by atoms with Crippen LogP contribution in [0.1, 0.15) is 56.4 Å². The average Bonchev–Trinajstić information content (AvgIpc) is 3.55. The molecule has 8 nitrogen and oxygen atoms in total. The molecule has 0 spiro atoms. The van der Waals surface area contributed by atoms with E-state index in [1.54, 1.807) is 18.3 Å². The van der Waals surface area contributed by atoms with Crippen LogP contribution in [0, 0.1) is 11.7 Å². The molecule has 2 aromatic rings. The molecule has 200 valence electrons. The number of halogens is 4. The summed E-state index contributed by atoms with van der Waals surface area (Å²) in [5.41, 5.74) is 1.48. The molecule has 3 N–H and O–H groups in total. The maximum absolute atomic E-state index is 13.5. The fraction of sp³-hybridized carbons (Fsp3) is 0.520. The van der Waals surface area contributed by atoms with Gasteiger partial charge in [0.25, 0.3) is 5.91 Å². The quantitative estimate of drug-likeness (QED) is 0.220. The number of nitrogens with zero attached hydrogens (tertiary/aromatic N) is 2. The van der Waals surface area contributed by atoms with Crippen LogP contribution in [0.25, 0.3) is 0 Å². The number of benzene rings is 1. The van der Waals surface area contributed by atoms with Gasteiger partial charge in [0.2, 0.25) is 5.95 Å². The van der Waals surface area contributed by atoms with Crippen molar-refractivity contribution in [2.24, 2.45) is 5.92 Å². The molecule has 1 heterocycles. The lowest BCUT2D eigenvalue weighted by Gasteiger charge is -2.23. The number of nitrogens with one attached hydrogen (secondary N) is 3. The number of aromatic nitrogens is 2. The first-order valence-corrected chi connectivity index (χ1v) is 12.4. The highest BCUT2D eigenvalue weighted by atomic mass is 19.4. The molecule has 1 aromatic heterocycles. The number of alkyl halides is 3. The minimum absolute atomic E-state index is 0.177. The number of hydrogen-bond donors (Lipinski definition) is 3. The van der Waals surface area contributed by atoms with Crippen LogP contribution in [-0.4, -0.2) is 47.2 Å². The van der Waals surface area contributed by atoms with Crippen LogP contribution < -0.4 is 16.0 Å². The van der Waals surface area contributed by atoms with E-state index in [1.807, 2.05) is 0 Å². The van der Waals surface area contributed by atoms with Gasteiger partial charge in [-0.3, -0.25) is 4.79 Å². The van der Waals surface area contributed by atoms with E-state index in [9.17, 15) is 27.2 Å². The van der Waals surface area contributed by atoms with E-state index < -0.39 is 30.1 Å². The van der Waals surface area contributed by atoms with Gasteiger partial charge in [-0.15, -0.1) is 0 Å². The first-order chi connectivity index (χ1) is 17.7. The zero-order valence-corrected chi connectivity index (χ0v) is 20.1. The Kier molecular flexibility index (Phi) is 8.45. The van der Waals surface area contributed by atoms with Crippen LogP contribution in [0.2, 0.25) is 0 Å². The number of esters is 1. The Labute approximate surface area is 211 Å². The summed E-state index contributed by atoms with van der Waals surface area (Å²) in [7, 11) is 0. The molecule has 0 aliphatic heterocycles. The van der Waals surface area contributed by atoms with E-state index in [0.717, 1.165) is 31.2 Å². The number of anilines is 3. The van der Waals surface area contributed by atoms with E-state index >= 15 is 0 Å². The normalized spacial score (nSPS) is 16.8. The third-order valence-corrected chi connectivity index (χ3v) is 6.41. The van der Waals surface area contributed by atoms with Crippen molar-refractivity contribution < 1.29 is 31.9 Å². The van der Waals surface area contributed by atoms with Crippen molar-refractivity contribution in [2.75, 3.05) is 23.7 Å².